The minimum Gasteiger partial charge on any atom is -0.545 e. The van der Waals surface area contributed by atoms with Gasteiger partial charge in [-0.15, -0.1) is 0 Å². The molecule has 6 heteroatoms. The van der Waals surface area contributed by atoms with Crippen molar-refractivity contribution in [3.63, 3.8) is 0 Å². The fourth-order valence-electron chi connectivity index (χ4n) is 2.21. The lowest BCUT2D eigenvalue weighted by molar-refractivity contribution is -0.255. The molecule has 2 nitrogen and oxygen atoms in total. The molecule has 0 amide bonds. The van der Waals surface area contributed by atoms with Gasteiger partial charge in [0.05, 0.1) is 26.1 Å². The van der Waals surface area contributed by atoms with Crippen molar-refractivity contribution in [1.82, 2.24) is 0 Å². The first kappa shape index (κ1) is 18.9. The van der Waals surface area contributed by atoms with Crippen LogP contribution in [0.5, 0.6) is 0 Å². The van der Waals surface area contributed by atoms with Crippen molar-refractivity contribution in [3.05, 3.63) is 31.2 Å². The number of hydrogen-bond acceptors (Lipinski definition) is 2. The summed E-state index contributed by atoms with van der Waals surface area (Å²) >= 11 is 23.9. The van der Waals surface area contributed by atoms with Gasteiger partial charge in [0.1, 0.15) is 0 Å². The fourth-order valence-corrected chi connectivity index (χ4v) is 3.27. The van der Waals surface area contributed by atoms with Crippen molar-refractivity contribution in [2.45, 2.75) is 51.9 Å². The summed E-state index contributed by atoms with van der Waals surface area (Å²) in [6, 6.07) is 0. The third-order valence-corrected chi connectivity index (χ3v) is 5.19. The zero-order chi connectivity index (χ0) is 16.0. The van der Waals surface area contributed by atoms with Crippen LogP contribution in [0.15, 0.2) is 0 Å². The molecular formula is C15H17Cl4O2-. The Morgan fingerprint density at radius 3 is 1.95 bits per heavy atom. The largest absolute Gasteiger partial charge is 0.545 e. The summed E-state index contributed by atoms with van der Waals surface area (Å²) in [7, 11) is 0. The second-order valence-electron chi connectivity index (χ2n) is 4.91. The Hall–Kier alpha value is -0.150. The second kappa shape index (κ2) is 9.09. The lowest BCUT2D eigenvalue weighted by atomic mass is 10.00. The fraction of sp³-hybridized carbons (Fsp3) is 0.533. The molecule has 0 spiro atoms. The molecule has 0 heterocycles. The van der Waals surface area contributed by atoms with E-state index >= 15 is 0 Å². The number of rotatable bonds is 8. The zero-order valence-corrected chi connectivity index (χ0v) is 14.8. The van der Waals surface area contributed by atoms with E-state index in [1.807, 2.05) is 0 Å². The van der Waals surface area contributed by atoms with Gasteiger partial charge in [0, 0.05) is 5.56 Å². The predicted octanol–water partition coefficient (Wildman–Crippen LogP) is 5.57. The molecule has 0 aliphatic carbocycles. The van der Waals surface area contributed by atoms with Gasteiger partial charge >= 0.3 is 0 Å². The Kier molecular flexibility index (Phi) is 8.18. The predicted molar refractivity (Wildman–Crippen MR) is 87.9 cm³/mol. The van der Waals surface area contributed by atoms with Crippen molar-refractivity contribution in [2.75, 3.05) is 0 Å². The van der Waals surface area contributed by atoms with Crippen molar-refractivity contribution in [3.8, 4) is 0 Å². The molecule has 1 aromatic carbocycles. The monoisotopic (exact) mass is 369 g/mol. The summed E-state index contributed by atoms with van der Waals surface area (Å²) in [5.41, 5.74) is 0.260. The number of hydrogen-bond donors (Lipinski definition) is 0. The van der Waals surface area contributed by atoms with Crippen LogP contribution in [0.4, 0.5) is 0 Å². The molecule has 0 aliphatic heterocycles. The summed E-state index contributed by atoms with van der Waals surface area (Å²) in [6.07, 6.45) is 7.00. The van der Waals surface area contributed by atoms with Gasteiger partial charge in [0.25, 0.3) is 0 Å². The molecule has 1 rings (SSSR count). The number of benzene rings is 1. The highest BCUT2D eigenvalue weighted by Crippen LogP contribution is 2.41. The van der Waals surface area contributed by atoms with Gasteiger partial charge in [-0.1, -0.05) is 85.4 Å². The van der Waals surface area contributed by atoms with Crippen LogP contribution in [0.3, 0.4) is 0 Å². The van der Waals surface area contributed by atoms with Crippen LogP contribution < -0.4 is 5.11 Å². The number of carboxylic acids is 1. The van der Waals surface area contributed by atoms with E-state index in [9.17, 15) is 9.90 Å². The number of carboxylic acid groups (broad SMARTS) is 1. The molecule has 21 heavy (non-hydrogen) atoms. The molecule has 0 fully saturated rings. The normalized spacial score (nSPS) is 10.9. The van der Waals surface area contributed by atoms with Crippen molar-refractivity contribution in [1.29, 1.82) is 0 Å². The molecule has 0 bridgehead atoms. The van der Waals surface area contributed by atoms with E-state index in [1.54, 1.807) is 0 Å². The Morgan fingerprint density at radius 2 is 1.38 bits per heavy atom. The lowest BCUT2D eigenvalue weighted by Gasteiger charge is -2.17. The molecule has 0 aliphatic rings. The van der Waals surface area contributed by atoms with E-state index in [0.29, 0.717) is 12.0 Å². The summed E-state index contributed by atoms with van der Waals surface area (Å²) in [5, 5.41) is 11.4. The van der Waals surface area contributed by atoms with Crippen molar-refractivity contribution in [2.24, 2.45) is 0 Å². The quantitative estimate of drug-likeness (QED) is 0.341. The average molecular weight is 371 g/mol. The lowest BCUT2D eigenvalue weighted by Crippen LogP contribution is -2.24. The maximum Gasteiger partial charge on any atom is 0.0800 e. The van der Waals surface area contributed by atoms with Crippen LogP contribution >= 0.6 is 46.4 Å². The standard InChI is InChI=1S/C15H18Cl4O2/c1-2-3-4-5-6-7-8-9-10(15(20)21)12(17)14(19)13(18)11(9)16/h2-8H2,1H3,(H,20,21)/p-1. The minimum atomic E-state index is -1.39. The van der Waals surface area contributed by atoms with E-state index in [0.717, 1.165) is 19.3 Å². The molecule has 0 saturated heterocycles. The minimum absolute atomic E-state index is 0.0470. The van der Waals surface area contributed by atoms with Gasteiger partial charge in [0.2, 0.25) is 0 Å². The third kappa shape index (κ3) is 4.92. The maximum atomic E-state index is 11.3. The van der Waals surface area contributed by atoms with E-state index in [2.05, 4.69) is 6.92 Å². The highest BCUT2D eigenvalue weighted by Gasteiger charge is 2.20. The first-order valence-electron chi connectivity index (χ1n) is 6.97. The van der Waals surface area contributed by atoms with E-state index < -0.39 is 5.97 Å². The molecule has 1 aromatic rings. The second-order valence-corrected chi connectivity index (χ2v) is 6.43. The number of unbranched alkanes of at least 4 members (excludes halogenated alkanes) is 5. The number of carbonyl (C=O) groups excluding carboxylic acids is 1. The van der Waals surface area contributed by atoms with Gasteiger partial charge in [-0.2, -0.15) is 0 Å². The summed E-state index contributed by atoms with van der Waals surface area (Å²) in [4.78, 5) is 11.3. The maximum absolute atomic E-state index is 11.3. The Bertz CT molecular complexity index is 515. The molecule has 0 atom stereocenters. The number of carbonyl (C=O) groups is 1. The van der Waals surface area contributed by atoms with Gasteiger partial charge < -0.3 is 9.90 Å². The number of halogens is 4. The third-order valence-electron chi connectivity index (χ3n) is 3.35. The first-order valence-corrected chi connectivity index (χ1v) is 8.49. The molecule has 0 unspecified atom stereocenters. The molecule has 118 valence electrons. The SMILES string of the molecule is CCCCCCCCc1c(Cl)c(Cl)c(Cl)c(Cl)c1C(=O)[O-]. The van der Waals surface area contributed by atoms with Crippen LogP contribution in [0, 0.1) is 0 Å². The van der Waals surface area contributed by atoms with E-state index in [-0.39, 0.29) is 25.7 Å². The topological polar surface area (TPSA) is 40.1 Å². The van der Waals surface area contributed by atoms with Gasteiger partial charge in [0.15, 0.2) is 0 Å². The smallest absolute Gasteiger partial charge is 0.0800 e. The van der Waals surface area contributed by atoms with Crippen molar-refractivity contribution < 1.29 is 9.90 Å². The number of aromatic carboxylic acids is 1. The Labute approximate surface area is 145 Å². The Morgan fingerprint density at radius 1 is 0.857 bits per heavy atom. The van der Waals surface area contributed by atoms with Crippen LogP contribution in [-0.4, -0.2) is 5.97 Å². The van der Waals surface area contributed by atoms with Crippen LogP contribution in [0.1, 0.15) is 61.4 Å². The average Bonchev–Trinajstić information content (AvgIpc) is 2.45. The zero-order valence-electron chi connectivity index (χ0n) is 11.8. The molecule has 0 N–H and O–H groups in total. The van der Waals surface area contributed by atoms with Gasteiger partial charge in [-0.25, -0.2) is 0 Å². The first-order chi connectivity index (χ1) is 9.91. The summed E-state index contributed by atoms with van der Waals surface area (Å²) in [5.74, 6) is -1.39. The van der Waals surface area contributed by atoms with Gasteiger partial charge in [-0.05, 0) is 18.4 Å². The molecular weight excluding hydrogens is 354 g/mol. The van der Waals surface area contributed by atoms with E-state index in [4.69, 9.17) is 46.4 Å². The van der Waals surface area contributed by atoms with Crippen LogP contribution in [0.2, 0.25) is 20.1 Å². The molecule has 0 saturated carbocycles. The van der Waals surface area contributed by atoms with Crippen molar-refractivity contribution >= 4 is 52.4 Å². The highest BCUT2D eigenvalue weighted by atomic mass is 35.5. The highest BCUT2D eigenvalue weighted by molar-refractivity contribution is 6.53. The van der Waals surface area contributed by atoms with Crippen LogP contribution in [0.25, 0.3) is 0 Å². The summed E-state index contributed by atoms with van der Waals surface area (Å²) < 4.78 is 0. The summed E-state index contributed by atoms with van der Waals surface area (Å²) in [6.45, 7) is 2.16. The Balaban J connectivity index is 2.88. The van der Waals surface area contributed by atoms with Gasteiger partial charge in [-0.3, -0.25) is 0 Å². The molecule has 0 radical (unpaired) electrons. The molecule has 0 aromatic heterocycles. The van der Waals surface area contributed by atoms with E-state index in [1.165, 1.54) is 19.3 Å². The van der Waals surface area contributed by atoms with Crippen LogP contribution in [-0.2, 0) is 6.42 Å².